The first kappa shape index (κ1) is 21.1. The number of aliphatic hydroxyl groups is 1. The number of amides is 1. The number of likely N-dealkylation sites (tertiary alicyclic amines) is 1. The molecule has 2 fully saturated rings. The van der Waals surface area contributed by atoms with Crippen molar-refractivity contribution in [1.82, 2.24) is 9.80 Å². The maximum absolute atomic E-state index is 12.9. The second-order valence-corrected chi connectivity index (χ2v) is 8.74. The molecule has 0 radical (unpaired) electrons. The fraction of sp³-hybridized carbons (Fsp3) is 0.364. The van der Waals surface area contributed by atoms with Crippen molar-refractivity contribution in [3.05, 3.63) is 62.8 Å². The van der Waals surface area contributed by atoms with Crippen molar-refractivity contribution in [2.75, 3.05) is 39.4 Å². The predicted octanol–water partition coefficient (Wildman–Crippen LogP) is 3.55. The molecule has 0 aliphatic carbocycles. The Hall–Kier alpha value is -2.19. The van der Waals surface area contributed by atoms with Crippen LogP contribution in [0.25, 0.3) is 5.76 Å². The van der Waals surface area contributed by atoms with Crippen molar-refractivity contribution < 1.29 is 19.4 Å². The van der Waals surface area contributed by atoms with Crippen molar-refractivity contribution in [1.29, 1.82) is 0 Å². The number of nitrogens with zero attached hydrogens (tertiary/aromatic N) is 2. The van der Waals surface area contributed by atoms with E-state index in [2.05, 4.69) is 4.90 Å². The first-order valence-electron chi connectivity index (χ1n) is 9.94. The minimum atomic E-state index is -0.646. The summed E-state index contributed by atoms with van der Waals surface area (Å²) in [4.78, 5) is 30.5. The van der Waals surface area contributed by atoms with Gasteiger partial charge in [-0.1, -0.05) is 17.7 Å². The molecule has 1 aromatic heterocycles. The normalized spacial score (nSPS) is 22.0. The molecule has 1 atom stereocenters. The molecule has 1 N–H and O–H groups in total. The maximum atomic E-state index is 12.9. The van der Waals surface area contributed by atoms with Gasteiger partial charge in [0.2, 0.25) is 0 Å². The van der Waals surface area contributed by atoms with Crippen molar-refractivity contribution in [2.45, 2.75) is 12.5 Å². The highest BCUT2D eigenvalue weighted by Crippen LogP contribution is 2.41. The summed E-state index contributed by atoms with van der Waals surface area (Å²) in [5.74, 6) is -1.38. The topological polar surface area (TPSA) is 70.1 Å². The third-order valence-corrected chi connectivity index (χ3v) is 6.62. The fourth-order valence-corrected chi connectivity index (χ4v) is 4.88. The number of rotatable bonds is 6. The van der Waals surface area contributed by atoms with E-state index >= 15 is 0 Å². The van der Waals surface area contributed by atoms with Crippen LogP contribution in [0.1, 0.15) is 22.9 Å². The van der Waals surface area contributed by atoms with Gasteiger partial charge in [-0.3, -0.25) is 14.5 Å². The van der Waals surface area contributed by atoms with E-state index in [0.29, 0.717) is 17.1 Å². The van der Waals surface area contributed by atoms with Crippen LogP contribution in [0.15, 0.2) is 47.4 Å². The summed E-state index contributed by atoms with van der Waals surface area (Å²) in [6.07, 6.45) is 0.746. The number of aliphatic hydroxyl groups excluding tert-OH is 1. The minimum absolute atomic E-state index is 0.135. The molecule has 158 valence electrons. The second-order valence-electron chi connectivity index (χ2n) is 7.32. The monoisotopic (exact) mass is 446 g/mol. The molecule has 2 aliphatic rings. The van der Waals surface area contributed by atoms with Crippen molar-refractivity contribution in [3.63, 3.8) is 0 Å². The molecule has 0 saturated carbocycles. The van der Waals surface area contributed by atoms with E-state index in [1.807, 2.05) is 17.5 Å². The lowest BCUT2D eigenvalue weighted by atomic mass is 10.00. The highest BCUT2D eigenvalue weighted by atomic mass is 35.5. The zero-order valence-corrected chi connectivity index (χ0v) is 18.0. The molecule has 1 aromatic carbocycles. The number of hydrogen-bond acceptors (Lipinski definition) is 6. The van der Waals surface area contributed by atoms with Crippen LogP contribution >= 0.6 is 22.9 Å². The van der Waals surface area contributed by atoms with Crippen LogP contribution in [0.4, 0.5) is 0 Å². The zero-order valence-electron chi connectivity index (χ0n) is 16.4. The smallest absolute Gasteiger partial charge is 0.295 e. The van der Waals surface area contributed by atoms with Gasteiger partial charge in [0.15, 0.2) is 0 Å². The van der Waals surface area contributed by atoms with E-state index in [1.54, 1.807) is 29.2 Å². The van der Waals surface area contributed by atoms with Gasteiger partial charge in [-0.2, -0.15) is 0 Å². The number of thiophene rings is 1. The third-order valence-electron chi connectivity index (χ3n) is 5.45. The Bertz CT molecular complexity index is 937. The lowest BCUT2D eigenvalue weighted by Gasteiger charge is -2.28. The van der Waals surface area contributed by atoms with Gasteiger partial charge < -0.3 is 14.7 Å². The number of ketones is 1. The summed E-state index contributed by atoms with van der Waals surface area (Å²) in [7, 11) is 0. The summed E-state index contributed by atoms with van der Waals surface area (Å²) in [5, 5.41) is 13.4. The average molecular weight is 447 g/mol. The molecule has 0 unspecified atom stereocenters. The SMILES string of the molecule is O=C1C(=O)N(CCCN2CCOCC2)[C@H](c2cccs2)C1=C(O)c1ccc(Cl)cc1. The lowest BCUT2D eigenvalue weighted by molar-refractivity contribution is -0.140. The molecule has 2 aromatic rings. The molecular weight excluding hydrogens is 424 g/mol. The molecular formula is C22H23ClN2O4S. The molecule has 2 aliphatic heterocycles. The van der Waals surface area contributed by atoms with E-state index in [1.165, 1.54) is 11.3 Å². The summed E-state index contributed by atoms with van der Waals surface area (Å²) in [6, 6.07) is 9.79. The molecule has 4 rings (SSSR count). The molecule has 0 spiro atoms. The van der Waals surface area contributed by atoms with Crippen molar-refractivity contribution in [3.8, 4) is 0 Å². The number of carbonyl (C=O) groups excluding carboxylic acids is 2. The first-order valence-corrected chi connectivity index (χ1v) is 11.2. The van der Waals surface area contributed by atoms with Gasteiger partial charge in [0.25, 0.3) is 11.7 Å². The Labute approximate surface area is 184 Å². The van der Waals surface area contributed by atoms with Crippen molar-refractivity contribution >= 4 is 40.4 Å². The Morgan fingerprint density at radius 1 is 1.13 bits per heavy atom. The standard InChI is InChI=1S/C22H23ClN2O4S/c23-16-6-4-15(5-7-16)20(26)18-19(17-3-1-14-30-17)25(22(28)21(18)27)9-2-8-24-10-12-29-13-11-24/h1,3-7,14,19,26H,2,8-13H2/t19-/m1/s1. The van der Waals surface area contributed by atoms with Crippen LogP contribution < -0.4 is 0 Å². The van der Waals surface area contributed by atoms with Crippen LogP contribution in [0.2, 0.25) is 5.02 Å². The number of benzene rings is 1. The van der Waals surface area contributed by atoms with Crippen LogP contribution in [0, 0.1) is 0 Å². The van der Waals surface area contributed by atoms with Crippen LogP contribution in [-0.2, 0) is 14.3 Å². The lowest BCUT2D eigenvalue weighted by Crippen LogP contribution is -2.38. The third kappa shape index (κ3) is 4.30. The summed E-state index contributed by atoms with van der Waals surface area (Å²) in [5.41, 5.74) is 0.600. The molecule has 3 heterocycles. The van der Waals surface area contributed by atoms with Crippen molar-refractivity contribution in [2.24, 2.45) is 0 Å². The first-order chi connectivity index (χ1) is 14.6. The molecule has 1 amide bonds. The van der Waals surface area contributed by atoms with Crippen LogP contribution in [0.5, 0.6) is 0 Å². The number of carbonyl (C=O) groups is 2. The van der Waals surface area contributed by atoms with E-state index in [9.17, 15) is 14.7 Å². The number of morpholine rings is 1. The minimum Gasteiger partial charge on any atom is -0.507 e. The van der Waals surface area contributed by atoms with Gasteiger partial charge >= 0.3 is 0 Å². The number of hydrogen-bond donors (Lipinski definition) is 1. The fourth-order valence-electron chi connectivity index (χ4n) is 3.91. The van der Waals surface area contributed by atoms with Crippen LogP contribution in [0.3, 0.4) is 0 Å². The van der Waals surface area contributed by atoms with Crippen LogP contribution in [-0.4, -0.2) is 66.0 Å². The highest BCUT2D eigenvalue weighted by molar-refractivity contribution is 7.10. The number of halogens is 1. The summed E-state index contributed by atoms with van der Waals surface area (Å²) >= 11 is 7.41. The molecule has 2 saturated heterocycles. The average Bonchev–Trinajstić information content (AvgIpc) is 3.37. The van der Waals surface area contributed by atoms with E-state index < -0.39 is 17.7 Å². The summed E-state index contributed by atoms with van der Waals surface area (Å²) < 4.78 is 5.37. The Kier molecular flexibility index (Phi) is 6.53. The highest BCUT2D eigenvalue weighted by Gasteiger charge is 2.46. The molecule has 30 heavy (non-hydrogen) atoms. The van der Waals surface area contributed by atoms with E-state index in [0.717, 1.165) is 44.1 Å². The Morgan fingerprint density at radius 3 is 2.53 bits per heavy atom. The molecule has 0 bridgehead atoms. The largest absolute Gasteiger partial charge is 0.507 e. The predicted molar refractivity (Wildman–Crippen MR) is 117 cm³/mol. The maximum Gasteiger partial charge on any atom is 0.295 e. The van der Waals surface area contributed by atoms with Gasteiger partial charge in [-0.15, -0.1) is 11.3 Å². The van der Waals surface area contributed by atoms with E-state index in [4.69, 9.17) is 16.3 Å². The van der Waals surface area contributed by atoms with Gasteiger partial charge in [-0.25, -0.2) is 0 Å². The van der Waals surface area contributed by atoms with Gasteiger partial charge in [-0.05, 0) is 42.1 Å². The Morgan fingerprint density at radius 2 is 1.87 bits per heavy atom. The second kappa shape index (κ2) is 9.31. The quantitative estimate of drug-likeness (QED) is 0.417. The van der Waals surface area contributed by atoms with E-state index in [-0.39, 0.29) is 11.3 Å². The number of ether oxygens (including phenoxy) is 1. The van der Waals surface area contributed by atoms with Gasteiger partial charge in [0.1, 0.15) is 5.76 Å². The number of Topliss-reactive ketones (excluding diaryl/α,β-unsaturated/α-hetero) is 1. The zero-order chi connectivity index (χ0) is 21.1. The molecule has 8 heteroatoms. The van der Waals surface area contributed by atoms with Gasteiger partial charge in [0.05, 0.1) is 24.8 Å². The molecule has 6 nitrogen and oxygen atoms in total. The Balaban J connectivity index is 1.61. The van der Waals surface area contributed by atoms with Gasteiger partial charge in [0, 0.05) is 41.6 Å². The summed E-state index contributed by atoms with van der Waals surface area (Å²) in [6.45, 7) is 4.48.